The number of nitrogen functional groups attached to an aromatic ring is 1. The Balaban J connectivity index is 3.10. The average Bonchev–Trinajstić information content (AvgIpc) is 2.04. The molecule has 0 unspecified atom stereocenters. The number of nitrogens with zero attached hydrogens (tertiary/aromatic N) is 2. The standard InChI is InChI=1S/C9H15N3O/c1-4-13-9-7(6(2)3)8(10)11-5-12-9/h5-6H,4H2,1-3H3,(H2,10,11,12). The molecule has 1 rings (SSSR count). The summed E-state index contributed by atoms with van der Waals surface area (Å²) in [5, 5.41) is 0. The first-order chi connectivity index (χ1) is 6.16. The SMILES string of the molecule is CCOc1ncnc(N)c1C(C)C. The molecule has 0 aliphatic carbocycles. The van der Waals surface area contributed by atoms with Gasteiger partial charge in [0.2, 0.25) is 5.88 Å². The zero-order chi connectivity index (χ0) is 9.84. The van der Waals surface area contributed by atoms with Crippen LogP contribution in [0.2, 0.25) is 0 Å². The van der Waals surface area contributed by atoms with E-state index in [1.54, 1.807) is 0 Å². The molecule has 13 heavy (non-hydrogen) atoms. The van der Waals surface area contributed by atoms with E-state index in [9.17, 15) is 0 Å². The second-order valence-corrected chi connectivity index (χ2v) is 3.07. The Bertz CT molecular complexity index is 286. The third-order valence-corrected chi connectivity index (χ3v) is 1.74. The van der Waals surface area contributed by atoms with Crippen molar-refractivity contribution < 1.29 is 4.74 Å². The maximum atomic E-state index is 5.72. The van der Waals surface area contributed by atoms with Crippen LogP contribution in [0.3, 0.4) is 0 Å². The van der Waals surface area contributed by atoms with Crippen molar-refractivity contribution in [3.05, 3.63) is 11.9 Å². The summed E-state index contributed by atoms with van der Waals surface area (Å²) in [4.78, 5) is 7.97. The summed E-state index contributed by atoms with van der Waals surface area (Å²) >= 11 is 0. The Morgan fingerprint density at radius 1 is 1.46 bits per heavy atom. The van der Waals surface area contributed by atoms with Gasteiger partial charge in [-0.05, 0) is 12.8 Å². The molecule has 72 valence electrons. The van der Waals surface area contributed by atoms with Gasteiger partial charge in [-0.15, -0.1) is 0 Å². The number of rotatable bonds is 3. The highest BCUT2D eigenvalue weighted by Gasteiger charge is 2.13. The van der Waals surface area contributed by atoms with Gasteiger partial charge < -0.3 is 10.5 Å². The van der Waals surface area contributed by atoms with Gasteiger partial charge in [-0.1, -0.05) is 13.8 Å². The van der Waals surface area contributed by atoms with Crippen molar-refractivity contribution in [1.82, 2.24) is 9.97 Å². The van der Waals surface area contributed by atoms with Crippen LogP contribution >= 0.6 is 0 Å². The molecule has 0 bridgehead atoms. The van der Waals surface area contributed by atoms with Crippen molar-refractivity contribution in [3.8, 4) is 5.88 Å². The van der Waals surface area contributed by atoms with Crippen molar-refractivity contribution in [2.45, 2.75) is 26.7 Å². The first kappa shape index (κ1) is 9.77. The Kier molecular flexibility index (Phi) is 3.06. The van der Waals surface area contributed by atoms with E-state index >= 15 is 0 Å². The van der Waals surface area contributed by atoms with E-state index < -0.39 is 0 Å². The maximum absolute atomic E-state index is 5.72. The molecule has 4 heteroatoms. The van der Waals surface area contributed by atoms with Crippen LogP contribution < -0.4 is 10.5 Å². The summed E-state index contributed by atoms with van der Waals surface area (Å²) < 4.78 is 5.35. The smallest absolute Gasteiger partial charge is 0.222 e. The van der Waals surface area contributed by atoms with Crippen molar-refractivity contribution in [2.75, 3.05) is 12.3 Å². The summed E-state index contributed by atoms with van der Waals surface area (Å²) in [7, 11) is 0. The first-order valence-electron chi connectivity index (χ1n) is 4.40. The van der Waals surface area contributed by atoms with Crippen LogP contribution in [0, 0.1) is 0 Å². The van der Waals surface area contributed by atoms with E-state index in [4.69, 9.17) is 10.5 Å². The topological polar surface area (TPSA) is 61.0 Å². The number of hydrogen-bond donors (Lipinski definition) is 1. The lowest BCUT2D eigenvalue weighted by Gasteiger charge is -2.12. The Hall–Kier alpha value is -1.32. The van der Waals surface area contributed by atoms with Gasteiger partial charge in [0, 0.05) is 0 Å². The van der Waals surface area contributed by atoms with Gasteiger partial charge in [0.1, 0.15) is 12.1 Å². The third kappa shape index (κ3) is 2.08. The van der Waals surface area contributed by atoms with Crippen molar-refractivity contribution in [3.63, 3.8) is 0 Å². The van der Waals surface area contributed by atoms with Gasteiger partial charge >= 0.3 is 0 Å². The van der Waals surface area contributed by atoms with Crippen LogP contribution in [-0.4, -0.2) is 16.6 Å². The van der Waals surface area contributed by atoms with E-state index in [-0.39, 0.29) is 5.92 Å². The number of ether oxygens (including phenoxy) is 1. The fraction of sp³-hybridized carbons (Fsp3) is 0.556. The second kappa shape index (κ2) is 4.07. The van der Waals surface area contributed by atoms with Crippen molar-refractivity contribution in [1.29, 1.82) is 0 Å². The molecule has 0 saturated carbocycles. The summed E-state index contributed by atoms with van der Waals surface area (Å²) in [6, 6.07) is 0. The average molecular weight is 181 g/mol. The lowest BCUT2D eigenvalue weighted by atomic mass is 10.1. The number of aromatic nitrogens is 2. The minimum Gasteiger partial charge on any atom is -0.478 e. The Labute approximate surface area is 78.1 Å². The molecular weight excluding hydrogens is 166 g/mol. The fourth-order valence-electron chi connectivity index (χ4n) is 1.19. The van der Waals surface area contributed by atoms with Gasteiger partial charge in [0.25, 0.3) is 0 Å². The largest absolute Gasteiger partial charge is 0.478 e. The molecule has 1 aromatic heterocycles. The van der Waals surface area contributed by atoms with Gasteiger partial charge in [-0.3, -0.25) is 0 Å². The monoisotopic (exact) mass is 181 g/mol. The van der Waals surface area contributed by atoms with E-state index in [1.165, 1.54) is 6.33 Å². The van der Waals surface area contributed by atoms with Crippen LogP contribution in [0.4, 0.5) is 5.82 Å². The predicted octanol–water partition coefficient (Wildman–Crippen LogP) is 1.58. The van der Waals surface area contributed by atoms with Gasteiger partial charge in [0.05, 0.1) is 12.2 Å². The molecule has 1 aromatic rings. The maximum Gasteiger partial charge on any atom is 0.222 e. The van der Waals surface area contributed by atoms with E-state index in [0.29, 0.717) is 18.3 Å². The summed E-state index contributed by atoms with van der Waals surface area (Å²) in [5.41, 5.74) is 6.61. The molecule has 2 N–H and O–H groups in total. The summed E-state index contributed by atoms with van der Waals surface area (Å²) in [5.74, 6) is 1.39. The Morgan fingerprint density at radius 3 is 2.69 bits per heavy atom. The van der Waals surface area contributed by atoms with Crippen LogP contribution in [0.5, 0.6) is 5.88 Å². The normalized spacial score (nSPS) is 10.5. The van der Waals surface area contributed by atoms with Crippen LogP contribution in [-0.2, 0) is 0 Å². The highest BCUT2D eigenvalue weighted by Crippen LogP contribution is 2.27. The lowest BCUT2D eigenvalue weighted by Crippen LogP contribution is -2.06. The van der Waals surface area contributed by atoms with E-state index in [1.807, 2.05) is 20.8 Å². The van der Waals surface area contributed by atoms with Crippen LogP contribution in [0.1, 0.15) is 32.3 Å². The van der Waals surface area contributed by atoms with Crippen LogP contribution in [0.25, 0.3) is 0 Å². The molecule has 0 radical (unpaired) electrons. The predicted molar refractivity (Wildman–Crippen MR) is 51.7 cm³/mol. The minimum absolute atomic E-state index is 0.280. The molecule has 0 aliphatic heterocycles. The molecule has 0 aromatic carbocycles. The van der Waals surface area contributed by atoms with Crippen molar-refractivity contribution >= 4 is 5.82 Å². The van der Waals surface area contributed by atoms with Gasteiger partial charge in [-0.25, -0.2) is 9.97 Å². The molecule has 0 aliphatic rings. The molecule has 1 heterocycles. The number of nitrogens with two attached hydrogens (primary N) is 1. The number of hydrogen-bond acceptors (Lipinski definition) is 4. The molecular formula is C9H15N3O. The molecule has 0 atom stereocenters. The fourth-order valence-corrected chi connectivity index (χ4v) is 1.19. The third-order valence-electron chi connectivity index (χ3n) is 1.74. The lowest BCUT2D eigenvalue weighted by molar-refractivity contribution is 0.321. The number of anilines is 1. The van der Waals surface area contributed by atoms with E-state index in [2.05, 4.69) is 9.97 Å². The van der Waals surface area contributed by atoms with Gasteiger partial charge in [0.15, 0.2) is 0 Å². The first-order valence-corrected chi connectivity index (χ1v) is 4.40. The summed E-state index contributed by atoms with van der Waals surface area (Å²) in [6.07, 6.45) is 1.42. The molecule has 0 saturated heterocycles. The molecule has 0 fully saturated rings. The minimum atomic E-state index is 0.280. The van der Waals surface area contributed by atoms with Gasteiger partial charge in [-0.2, -0.15) is 0 Å². The summed E-state index contributed by atoms with van der Waals surface area (Å²) in [6.45, 7) is 6.59. The van der Waals surface area contributed by atoms with Crippen LogP contribution in [0.15, 0.2) is 6.33 Å². The molecule has 0 spiro atoms. The Morgan fingerprint density at radius 2 is 2.15 bits per heavy atom. The van der Waals surface area contributed by atoms with Crippen molar-refractivity contribution in [2.24, 2.45) is 0 Å². The highest BCUT2D eigenvalue weighted by molar-refractivity contribution is 5.46. The quantitative estimate of drug-likeness (QED) is 0.769. The zero-order valence-electron chi connectivity index (χ0n) is 8.24. The molecule has 0 amide bonds. The van der Waals surface area contributed by atoms with E-state index in [0.717, 1.165) is 5.56 Å². The zero-order valence-corrected chi connectivity index (χ0v) is 8.24. The molecule has 4 nitrogen and oxygen atoms in total. The second-order valence-electron chi connectivity index (χ2n) is 3.07. The highest BCUT2D eigenvalue weighted by atomic mass is 16.5.